The van der Waals surface area contributed by atoms with Gasteiger partial charge < -0.3 is 5.32 Å². The van der Waals surface area contributed by atoms with Gasteiger partial charge in [0.1, 0.15) is 17.9 Å². The zero-order chi connectivity index (χ0) is 23.7. The first-order chi connectivity index (χ1) is 16.4. The number of hydrogen-bond acceptors (Lipinski definition) is 5. The third kappa shape index (κ3) is 4.19. The van der Waals surface area contributed by atoms with Gasteiger partial charge in [0.15, 0.2) is 5.13 Å². The Morgan fingerprint density at radius 2 is 1.79 bits per heavy atom. The molecule has 1 N–H and O–H groups in total. The molecule has 2 aliphatic rings. The number of halogens is 1. The van der Waals surface area contributed by atoms with E-state index in [0.29, 0.717) is 23.7 Å². The van der Waals surface area contributed by atoms with Crippen LogP contribution in [0, 0.1) is 5.82 Å². The van der Waals surface area contributed by atoms with Crippen LogP contribution in [0.2, 0.25) is 0 Å². The van der Waals surface area contributed by atoms with E-state index >= 15 is 0 Å². The normalized spacial score (nSPS) is 16.8. The lowest BCUT2D eigenvalue weighted by molar-refractivity contribution is -0.134. The molecule has 0 atom stereocenters. The van der Waals surface area contributed by atoms with Crippen LogP contribution in [0.5, 0.6) is 0 Å². The molecule has 2 heterocycles. The first kappa shape index (κ1) is 22.2. The van der Waals surface area contributed by atoms with Gasteiger partial charge in [-0.05, 0) is 42.7 Å². The average Bonchev–Trinajstić information content (AvgIpc) is 3.56. The topological polar surface area (TPSA) is 82.6 Å². The number of urea groups is 1. The first-order valence-electron chi connectivity index (χ1n) is 11.2. The standard InChI is InChI=1S/C25H23FN4O3S/c26-19-10-8-18(9-11-19)20-16-34-24(27-20)29(14-17-6-2-1-3-7-17)21(31)15-30-22(32)25(28-23(30)33)12-4-5-13-25/h1-3,6-11,16H,4-5,12-15H2,(H,28,33). The van der Waals surface area contributed by atoms with Crippen molar-refractivity contribution in [2.45, 2.75) is 37.8 Å². The van der Waals surface area contributed by atoms with E-state index in [-0.39, 0.29) is 24.8 Å². The molecule has 0 unspecified atom stereocenters. The quantitative estimate of drug-likeness (QED) is 0.534. The number of nitrogens with one attached hydrogen (secondary N) is 1. The SMILES string of the molecule is O=C1NC2(CCCC2)C(=O)N1CC(=O)N(Cc1ccccc1)c1nc(-c2ccc(F)cc2)cs1. The highest BCUT2D eigenvalue weighted by Crippen LogP contribution is 2.35. The molecule has 1 aromatic heterocycles. The second-order valence-electron chi connectivity index (χ2n) is 8.60. The van der Waals surface area contributed by atoms with Gasteiger partial charge in [0.2, 0.25) is 5.91 Å². The molecule has 7 nitrogen and oxygen atoms in total. The van der Waals surface area contributed by atoms with Gasteiger partial charge in [0, 0.05) is 10.9 Å². The molecular formula is C25H23FN4O3S. The highest BCUT2D eigenvalue weighted by molar-refractivity contribution is 7.14. The summed E-state index contributed by atoms with van der Waals surface area (Å²) in [7, 11) is 0. The summed E-state index contributed by atoms with van der Waals surface area (Å²) in [4.78, 5) is 46.2. The van der Waals surface area contributed by atoms with Crippen LogP contribution in [0.1, 0.15) is 31.2 Å². The van der Waals surface area contributed by atoms with Crippen molar-refractivity contribution in [1.82, 2.24) is 15.2 Å². The molecule has 4 amide bonds. The Hall–Kier alpha value is -3.59. The smallest absolute Gasteiger partial charge is 0.323 e. The fraction of sp³-hybridized carbons (Fsp3) is 0.280. The molecule has 34 heavy (non-hydrogen) atoms. The van der Waals surface area contributed by atoms with Crippen molar-refractivity contribution in [3.8, 4) is 11.3 Å². The Labute approximate surface area is 200 Å². The average molecular weight is 479 g/mol. The number of aromatic nitrogens is 1. The summed E-state index contributed by atoms with van der Waals surface area (Å²) in [6.45, 7) is -0.116. The minimum Gasteiger partial charge on any atom is -0.323 e. The van der Waals surface area contributed by atoms with Crippen molar-refractivity contribution in [1.29, 1.82) is 0 Å². The van der Waals surface area contributed by atoms with Gasteiger partial charge in [-0.3, -0.25) is 19.4 Å². The van der Waals surface area contributed by atoms with Gasteiger partial charge in [-0.15, -0.1) is 11.3 Å². The third-order valence-electron chi connectivity index (χ3n) is 6.34. The minimum absolute atomic E-state index is 0.241. The lowest BCUT2D eigenvalue weighted by Gasteiger charge is -2.23. The van der Waals surface area contributed by atoms with Gasteiger partial charge in [-0.25, -0.2) is 14.2 Å². The molecular weight excluding hydrogens is 455 g/mol. The Bertz CT molecular complexity index is 1220. The summed E-state index contributed by atoms with van der Waals surface area (Å²) < 4.78 is 13.3. The van der Waals surface area contributed by atoms with Gasteiger partial charge in [-0.1, -0.05) is 43.2 Å². The largest absolute Gasteiger partial charge is 0.325 e. The number of benzene rings is 2. The second-order valence-corrected chi connectivity index (χ2v) is 9.43. The molecule has 1 saturated carbocycles. The van der Waals surface area contributed by atoms with E-state index in [2.05, 4.69) is 10.3 Å². The summed E-state index contributed by atoms with van der Waals surface area (Å²) in [5.41, 5.74) is 1.37. The van der Waals surface area contributed by atoms with Crippen molar-refractivity contribution in [3.05, 3.63) is 71.4 Å². The maximum Gasteiger partial charge on any atom is 0.325 e. The molecule has 1 aliphatic carbocycles. The van der Waals surface area contributed by atoms with Crippen LogP contribution >= 0.6 is 11.3 Å². The highest BCUT2D eigenvalue weighted by Gasteiger charge is 2.53. The molecule has 0 bridgehead atoms. The maximum atomic E-state index is 13.5. The zero-order valence-electron chi connectivity index (χ0n) is 18.4. The number of hydrogen-bond donors (Lipinski definition) is 1. The Morgan fingerprint density at radius 1 is 1.09 bits per heavy atom. The van der Waals surface area contributed by atoms with Crippen LogP contribution in [0.3, 0.4) is 0 Å². The summed E-state index contributed by atoms with van der Waals surface area (Å²) >= 11 is 1.28. The van der Waals surface area contributed by atoms with Crippen molar-refractivity contribution in [2.75, 3.05) is 11.4 Å². The van der Waals surface area contributed by atoms with Crippen LogP contribution in [0.4, 0.5) is 14.3 Å². The predicted molar refractivity (Wildman–Crippen MR) is 127 cm³/mol. The molecule has 0 radical (unpaired) electrons. The number of carbonyl (C=O) groups is 3. The first-order valence-corrected chi connectivity index (χ1v) is 12.0. The summed E-state index contributed by atoms with van der Waals surface area (Å²) in [5.74, 6) is -1.06. The second kappa shape index (κ2) is 8.98. The fourth-order valence-corrected chi connectivity index (χ4v) is 5.38. The monoisotopic (exact) mass is 478 g/mol. The van der Waals surface area contributed by atoms with Crippen LogP contribution in [-0.2, 0) is 16.1 Å². The number of carbonyl (C=O) groups excluding carboxylic acids is 3. The minimum atomic E-state index is -0.863. The van der Waals surface area contributed by atoms with E-state index in [4.69, 9.17) is 0 Å². The zero-order valence-corrected chi connectivity index (χ0v) is 19.2. The van der Waals surface area contributed by atoms with Crippen molar-refractivity contribution >= 4 is 34.3 Å². The van der Waals surface area contributed by atoms with E-state index in [9.17, 15) is 18.8 Å². The number of thiazole rings is 1. The lowest BCUT2D eigenvalue weighted by atomic mass is 9.98. The number of rotatable bonds is 6. The predicted octanol–water partition coefficient (Wildman–Crippen LogP) is 4.35. The fourth-order valence-electron chi connectivity index (χ4n) is 4.53. The van der Waals surface area contributed by atoms with Gasteiger partial charge >= 0.3 is 6.03 Å². The van der Waals surface area contributed by atoms with Crippen molar-refractivity contribution < 1.29 is 18.8 Å². The number of imide groups is 1. The number of amides is 4. The third-order valence-corrected chi connectivity index (χ3v) is 7.21. The molecule has 174 valence electrons. The van der Waals surface area contributed by atoms with Crippen molar-refractivity contribution in [3.63, 3.8) is 0 Å². The molecule has 2 fully saturated rings. The summed E-state index contributed by atoms with van der Waals surface area (Å²) in [5, 5.41) is 5.06. The Morgan fingerprint density at radius 3 is 2.50 bits per heavy atom. The van der Waals surface area contributed by atoms with E-state index in [1.54, 1.807) is 17.5 Å². The molecule has 3 aromatic rings. The van der Waals surface area contributed by atoms with Gasteiger partial charge in [0.05, 0.1) is 12.2 Å². The molecule has 9 heteroatoms. The molecule has 1 spiro atoms. The maximum absolute atomic E-state index is 13.5. The van der Waals surface area contributed by atoms with Gasteiger partial charge in [-0.2, -0.15) is 0 Å². The van der Waals surface area contributed by atoms with Crippen LogP contribution in [0.25, 0.3) is 11.3 Å². The Balaban J connectivity index is 1.41. The lowest BCUT2D eigenvalue weighted by Crippen LogP contribution is -2.46. The molecule has 5 rings (SSSR count). The van der Waals surface area contributed by atoms with E-state index in [0.717, 1.165) is 28.9 Å². The molecule has 1 saturated heterocycles. The van der Waals surface area contributed by atoms with Crippen LogP contribution in [-0.4, -0.2) is 39.8 Å². The highest BCUT2D eigenvalue weighted by atomic mass is 32.1. The molecule has 1 aliphatic heterocycles. The van der Waals surface area contributed by atoms with E-state index in [1.165, 1.54) is 28.4 Å². The Kier molecular flexibility index (Phi) is 5.87. The number of nitrogens with zero attached hydrogens (tertiary/aromatic N) is 3. The number of anilines is 1. The van der Waals surface area contributed by atoms with E-state index in [1.807, 2.05) is 30.3 Å². The van der Waals surface area contributed by atoms with Crippen LogP contribution < -0.4 is 10.2 Å². The summed E-state index contributed by atoms with van der Waals surface area (Å²) in [6, 6.07) is 14.9. The van der Waals surface area contributed by atoms with Crippen LogP contribution in [0.15, 0.2) is 60.0 Å². The summed E-state index contributed by atoms with van der Waals surface area (Å²) in [6.07, 6.45) is 2.95. The van der Waals surface area contributed by atoms with Gasteiger partial charge in [0.25, 0.3) is 5.91 Å². The van der Waals surface area contributed by atoms with Crippen molar-refractivity contribution in [2.24, 2.45) is 0 Å². The van der Waals surface area contributed by atoms with E-state index < -0.39 is 17.5 Å². The molecule has 2 aromatic carbocycles.